The third-order valence-corrected chi connectivity index (χ3v) is 4.69. The number of aromatic nitrogens is 1. The van der Waals surface area contributed by atoms with E-state index in [1.54, 1.807) is 42.5 Å². The van der Waals surface area contributed by atoms with Crippen molar-refractivity contribution >= 4 is 29.2 Å². The molecule has 1 aliphatic heterocycles. The van der Waals surface area contributed by atoms with Crippen LogP contribution in [0.25, 0.3) is 0 Å². The molecule has 27 heavy (non-hydrogen) atoms. The number of anilines is 1. The van der Waals surface area contributed by atoms with Crippen molar-refractivity contribution in [3.05, 3.63) is 53.3 Å². The molecule has 0 atom stereocenters. The number of nitrogens with one attached hydrogen (secondary N) is 2. The van der Waals surface area contributed by atoms with Gasteiger partial charge in [-0.3, -0.25) is 9.78 Å². The molecule has 2 aromatic rings. The van der Waals surface area contributed by atoms with Crippen molar-refractivity contribution in [1.29, 1.82) is 0 Å². The molecule has 1 fully saturated rings. The van der Waals surface area contributed by atoms with Crippen molar-refractivity contribution in [2.45, 2.75) is 18.9 Å². The molecule has 8 heteroatoms. The minimum atomic E-state index is -0.245. The number of pyridine rings is 1. The molecule has 0 aliphatic carbocycles. The van der Waals surface area contributed by atoms with Gasteiger partial charge in [0.05, 0.1) is 16.9 Å². The molecule has 1 saturated heterocycles. The minimum absolute atomic E-state index is 0.0541. The van der Waals surface area contributed by atoms with Crippen LogP contribution < -0.4 is 15.4 Å². The van der Waals surface area contributed by atoms with Crippen LogP contribution >= 0.6 is 11.6 Å². The van der Waals surface area contributed by atoms with Crippen molar-refractivity contribution in [3.63, 3.8) is 0 Å². The number of likely N-dealkylation sites (tertiary alicyclic amines) is 1. The standard InChI is InChI=1S/C19H21ClN4O3/c1-21-18(25)13-4-5-16(20)17(11-13)23-19(26)24-9-6-14(7-10-24)27-15-3-2-8-22-12-15/h2-5,8,11-12,14H,6-7,9-10H2,1H3,(H,21,25)(H,23,26). The highest BCUT2D eigenvalue weighted by molar-refractivity contribution is 6.33. The Hall–Kier alpha value is -2.80. The number of halogens is 1. The summed E-state index contributed by atoms with van der Waals surface area (Å²) >= 11 is 6.15. The summed E-state index contributed by atoms with van der Waals surface area (Å²) < 4.78 is 5.89. The number of rotatable bonds is 4. The molecule has 7 nitrogen and oxygen atoms in total. The van der Waals surface area contributed by atoms with E-state index in [0.717, 1.165) is 18.6 Å². The fraction of sp³-hybridized carbons (Fsp3) is 0.316. The molecule has 3 rings (SSSR count). The van der Waals surface area contributed by atoms with Crippen LogP contribution in [0.3, 0.4) is 0 Å². The van der Waals surface area contributed by atoms with Crippen LogP contribution in [0.1, 0.15) is 23.2 Å². The predicted molar refractivity (Wildman–Crippen MR) is 103 cm³/mol. The number of urea groups is 1. The van der Waals surface area contributed by atoms with Gasteiger partial charge < -0.3 is 20.3 Å². The zero-order valence-electron chi connectivity index (χ0n) is 14.9. The summed E-state index contributed by atoms with van der Waals surface area (Å²) in [5.74, 6) is 0.494. The van der Waals surface area contributed by atoms with Gasteiger partial charge in [-0.1, -0.05) is 11.6 Å². The molecule has 1 aliphatic rings. The summed E-state index contributed by atoms with van der Waals surface area (Å²) in [7, 11) is 1.55. The SMILES string of the molecule is CNC(=O)c1ccc(Cl)c(NC(=O)N2CCC(Oc3cccnc3)CC2)c1. The van der Waals surface area contributed by atoms with Gasteiger partial charge in [0.15, 0.2) is 0 Å². The van der Waals surface area contributed by atoms with E-state index in [1.807, 2.05) is 12.1 Å². The third-order valence-electron chi connectivity index (χ3n) is 4.36. The van der Waals surface area contributed by atoms with Crippen LogP contribution in [0.5, 0.6) is 5.75 Å². The molecule has 0 unspecified atom stereocenters. The predicted octanol–water partition coefficient (Wildman–Crippen LogP) is 3.17. The Morgan fingerprint density at radius 3 is 2.70 bits per heavy atom. The van der Waals surface area contributed by atoms with Crippen LogP contribution in [0.2, 0.25) is 5.02 Å². The Bertz CT molecular complexity index is 808. The Morgan fingerprint density at radius 2 is 2.04 bits per heavy atom. The number of carbonyl (C=O) groups excluding carboxylic acids is 2. The van der Waals surface area contributed by atoms with Crippen molar-refractivity contribution in [2.24, 2.45) is 0 Å². The van der Waals surface area contributed by atoms with Crippen LogP contribution in [0, 0.1) is 0 Å². The first-order valence-electron chi connectivity index (χ1n) is 8.71. The fourth-order valence-electron chi connectivity index (χ4n) is 2.89. The number of hydrogen-bond acceptors (Lipinski definition) is 4. The lowest BCUT2D eigenvalue weighted by molar-refractivity contribution is 0.0963. The van der Waals surface area contributed by atoms with Gasteiger partial charge in [0.1, 0.15) is 11.9 Å². The van der Waals surface area contributed by atoms with Gasteiger partial charge in [0.25, 0.3) is 5.91 Å². The second kappa shape index (κ2) is 8.73. The Balaban J connectivity index is 1.56. The molecule has 2 N–H and O–H groups in total. The van der Waals surface area contributed by atoms with Gasteiger partial charge in [-0.25, -0.2) is 4.79 Å². The highest BCUT2D eigenvalue weighted by Gasteiger charge is 2.24. The molecule has 1 aromatic carbocycles. The number of nitrogens with zero attached hydrogens (tertiary/aromatic N) is 2. The number of carbonyl (C=O) groups is 2. The van der Waals surface area contributed by atoms with E-state index >= 15 is 0 Å². The Labute approximate surface area is 162 Å². The molecular formula is C19H21ClN4O3. The molecule has 3 amide bonds. The molecule has 0 bridgehead atoms. The Morgan fingerprint density at radius 1 is 1.26 bits per heavy atom. The number of hydrogen-bond donors (Lipinski definition) is 2. The Kier molecular flexibility index (Phi) is 6.13. The fourth-order valence-corrected chi connectivity index (χ4v) is 3.05. The van der Waals surface area contributed by atoms with Gasteiger partial charge >= 0.3 is 6.03 Å². The third kappa shape index (κ3) is 4.89. The van der Waals surface area contributed by atoms with Gasteiger partial charge in [0.2, 0.25) is 0 Å². The maximum Gasteiger partial charge on any atom is 0.321 e. The maximum absolute atomic E-state index is 12.5. The van der Waals surface area contributed by atoms with E-state index in [-0.39, 0.29) is 18.0 Å². The first-order chi connectivity index (χ1) is 13.1. The lowest BCUT2D eigenvalue weighted by Crippen LogP contribution is -2.43. The average Bonchev–Trinajstić information content (AvgIpc) is 2.70. The van der Waals surface area contributed by atoms with Crippen molar-refractivity contribution < 1.29 is 14.3 Å². The largest absolute Gasteiger partial charge is 0.489 e. The van der Waals surface area contributed by atoms with E-state index in [1.165, 1.54) is 0 Å². The summed E-state index contributed by atoms with van der Waals surface area (Å²) in [4.78, 5) is 30.0. The number of piperidine rings is 1. The van der Waals surface area contributed by atoms with Crippen LogP contribution in [-0.4, -0.2) is 48.1 Å². The van der Waals surface area contributed by atoms with E-state index in [0.29, 0.717) is 29.4 Å². The molecule has 0 radical (unpaired) electrons. The van der Waals surface area contributed by atoms with E-state index in [2.05, 4.69) is 15.6 Å². The molecule has 142 valence electrons. The second-order valence-electron chi connectivity index (χ2n) is 6.20. The minimum Gasteiger partial charge on any atom is -0.489 e. The molecule has 0 spiro atoms. The van der Waals surface area contributed by atoms with Crippen LogP contribution in [0.15, 0.2) is 42.7 Å². The van der Waals surface area contributed by atoms with Crippen LogP contribution in [0.4, 0.5) is 10.5 Å². The second-order valence-corrected chi connectivity index (χ2v) is 6.60. The monoisotopic (exact) mass is 388 g/mol. The van der Waals surface area contributed by atoms with Crippen molar-refractivity contribution in [3.8, 4) is 5.75 Å². The highest BCUT2D eigenvalue weighted by atomic mass is 35.5. The van der Waals surface area contributed by atoms with Gasteiger partial charge in [-0.15, -0.1) is 0 Å². The normalized spacial score (nSPS) is 14.5. The zero-order chi connectivity index (χ0) is 19.2. The lowest BCUT2D eigenvalue weighted by Gasteiger charge is -2.32. The van der Waals surface area contributed by atoms with Crippen molar-refractivity contribution in [1.82, 2.24) is 15.2 Å². The molecular weight excluding hydrogens is 368 g/mol. The first kappa shape index (κ1) is 19.0. The molecule has 2 heterocycles. The van der Waals surface area contributed by atoms with Crippen molar-refractivity contribution in [2.75, 3.05) is 25.5 Å². The highest BCUT2D eigenvalue weighted by Crippen LogP contribution is 2.24. The topological polar surface area (TPSA) is 83.6 Å². The lowest BCUT2D eigenvalue weighted by atomic mass is 10.1. The summed E-state index contributed by atoms with van der Waals surface area (Å²) in [6, 6.07) is 8.22. The summed E-state index contributed by atoms with van der Waals surface area (Å²) in [5, 5.41) is 5.71. The van der Waals surface area contributed by atoms with E-state index < -0.39 is 0 Å². The molecule has 0 saturated carbocycles. The molecule has 1 aromatic heterocycles. The smallest absolute Gasteiger partial charge is 0.321 e. The van der Waals surface area contributed by atoms with Gasteiger partial charge in [0, 0.05) is 44.7 Å². The average molecular weight is 389 g/mol. The van der Waals surface area contributed by atoms with Crippen LogP contribution in [-0.2, 0) is 0 Å². The number of benzene rings is 1. The summed E-state index contributed by atoms with van der Waals surface area (Å²) in [6.07, 6.45) is 4.89. The summed E-state index contributed by atoms with van der Waals surface area (Å²) in [6.45, 7) is 1.15. The maximum atomic E-state index is 12.5. The zero-order valence-corrected chi connectivity index (χ0v) is 15.7. The van der Waals surface area contributed by atoms with E-state index in [9.17, 15) is 9.59 Å². The summed E-state index contributed by atoms with van der Waals surface area (Å²) in [5.41, 5.74) is 0.845. The first-order valence-corrected chi connectivity index (χ1v) is 9.09. The number of ether oxygens (including phenoxy) is 1. The van der Waals surface area contributed by atoms with Gasteiger partial charge in [-0.2, -0.15) is 0 Å². The van der Waals surface area contributed by atoms with Gasteiger partial charge in [-0.05, 0) is 30.3 Å². The number of amides is 3. The van der Waals surface area contributed by atoms with E-state index in [4.69, 9.17) is 16.3 Å². The quantitative estimate of drug-likeness (QED) is 0.842.